The smallest absolute Gasteiger partial charge is 0.161 e. The summed E-state index contributed by atoms with van der Waals surface area (Å²) < 4.78 is 30.0. The lowest BCUT2D eigenvalue weighted by Crippen LogP contribution is -2.26. The lowest BCUT2D eigenvalue weighted by atomic mass is 10.2. The molecule has 2 rings (SSSR count). The van der Waals surface area contributed by atoms with E-state index >= 15 is 0 Å². The van der Waals surface area contributed by atoms with Gasteiger partial charge in [-0.15, -0.1) is 0 Å². The van der Waals surface area contributed by atoms with Gasteiger partial charge in [0.15, 0.2) is 11.6 Å². The molecule has 0 bridgehead atoms. The van der Waals surface area contributed by atoms with E-state index in [-0.39, 0.29) is 0 Å². The van der Waals surface area contributed by atoms with Crippen LogP contribution < -0.4 is 0 Å². The Bertz CT molecular complexity index is 646. The molecule has 2 aromatic rings. The zero-order valence-corrected chi connectivity index (χ0v) is 13.2. The Kier molecular flexibility index (Phi) is 4.43. The van der Waals surface area contributed by atoms with Gasteiger partial charge in [0, 0.05) is 11.8 Å². The van der Waals surface area contributed by atoms with Gasteiger partial charge in [0.25, 0.3) is 0 Å². The van der Waals surface area contributed by atoms with Crippen molar-refractivity contribution in [1.29, 1.82) is 0 Å². The molecule has 0 aliphatic heterocycles. The Balaban J connectivity index is 2.21. The van der Waals surface area contributed by atoms with E-state index < -0.39 is 21.9 Å². The van der Waals surface area contributed by atoms with Crippen LogP contribution in [0.4, 0.5) is 4.39 Å². The summed E-state index contributed by atoms with van der Waals surface area (Å²) in [5, 5.41) is 3.84. The standard InChI is InChI=1S/C14H17FN4OS/c1-10(18-21(20)14(2,3)4)11-5-6-13(16-7-11)19-9-12(15)8-17-19/h5-9H,1-4H3/b18-10+. The zero-order valence-electron chi connectivity index (χ0n) is 12.4. The van der Waals surface area contributed by atoms with Gasteiger partial charge in [-0.05, 0) is 39.8 Å². The third kappa shape index (κ3) is 3.89. The third-order valence-electron chi connectivity index (χ3n) is 2.70. The van der Waals surface area contributed by atoms with Crippen LogP contribution in [0.5, 0.6) is 0 Å². The van der Waals surface area contributed by atoms with E-state index in [2.05, 4.69) is 14.5 Å². The first-order chi connectivity index (χ1) is 9.77. The maximum Gasteiger partial charge on any atom is 0.161 e. The quantitative estimate of drug-likeness (QED) is 0.647. The van der Waals surface area contributed by atoms with E-state index in [4.69, 9.17) is 0 Å². The van der Waals surface area contributed by atoms with Crippen LogP contribution in [-0.4, -0.2) is 29.8 Å². The summed E-state index contributed by atoms with van der Waals surface area (Å²) in [6.45, 7) is 7.39. The lowest BCUT2D eigenvalue weighted by molar-refractivity contribution is 0.561. The van der Waals surface area contributed by atoms with Crippen LogP contribution in [0, 0.1) is 5.82 Å². The van der Waals surface area contributed by atoms with Crippen LogP contribution in [-0.2, 0) is 11.4 Å². The monoisotopic (exact) mass is 308 g/mol. The Hall–Kier alpha value is -1.73. The molecule has 0 N–H and O–H groups in total. The van der Waals surface area contributed by atoms with E-state index in [1.54, 1.807) is 25.3 Å². The Labute approximate surface area is 126 Å². The molecule has 0 saturated carbocycles. The maximum atomic E-state index is 12.9. The molecule has 2 aromatic heterocycles. The highest BCUT2D eigenvalue weighted by atomic mass is 32.2. The molecule has 1 unspecified atom stereocenters. The van der Waals surface area contributed by atoms with E-state index in [0.717, 1.165) is 11.8 Å². The van der Waals surface area contributed by atoms with Gasteiger partial charge >= 0.3 is 0 Å². The molecule has 1 atom stereocenters. The van der Waals surface area contributed by atoms with Gasteiger partial charge in [0.2, 0.25) is 0 Å². The Morgan fingerprint density at radius 3 is 2.52 bits per heavy atom. The van der Waals surface area contributed by atoms with Gasteiger partial charge in [0.1, 0.15) is 16.1 Å². The number of halogens is 1. The van der Waals surface area contributed by atoms with E-state index in [1.807, 2.05) is 20.8 Å². The summed E-state index contributed by atoms with van der Waals surface area (Å²) >= 11 is -1.31. The van der Waals surface area contributed by atoms with E-state index in [9.17, 15) is 8.94 Å². The highest BCUT2D eigenvalue weighted by Crippen LogP contribution is 2.18. The minimum absolute atomic E-state index is 0.402. The number of aromatic nitrogens is 3. The summed E-state index contributed by atoms with van der Waals surface area (Å²) in [6.07, 6.45) is 3.97. The van der Waals surface area contributed by atoms with Crippen molar-refractivity contribution in [3.05, 3.63) is 42.1 Å². The van der Waals surface area contributed by atoms with Gasteiger partial charge in [-0.3, -0.25) is 0 Å². The fourth-order valence-corrected chi connectivity index (χ4v) is 2.10. The average molecular weight is 308 g/mol. The molecule has 0 aliphatic rings. The number of rotatable bonds is 3. The predicted octanol–water partition coefficient (Wildman–Crippen LogP) is 2.68. The van der Waals surface area contributed by atoms with Crippen molar-refractivity contribution in [1.82, 2.24) is 14.8 Å². The summed E-state index contributed by atoms with van der Waals surface area (Å²) in [4.78, 5) is 4.21. The molecule has 2 heterocycles. The molecule has 0 spiro atoms. The second-order valence-electron chi connectivity index (χ2n) is 5.55. The van der Waals surface area contributed by atoms with Crippen molar-refractivity contribution in [3.8, 4) is 5.82 Å². The van der Waals surface area contributed by atoms with Gasteiger partial charge in [-0.1, -0.05) is 4.40 Å². The van der Waals surface area contributed by atoms with Gasteiger partial charge in [-0.25, -0.2) is 14.1 Å². The molecule has 0 aliphatic carbocycles. The summed E-state index contributed by atoms with van der Waals surface area (Å²) in [7, 11) is 0. The molecule has 0 fully saturated rings. The first-order valence-corrected chi connectivity index (χ1v) is 7.52. The average Bonchev–Trinajstić information content (AvgIpc) is 2.84. The van der Waals surface area contributed by atoms with Crippen molar-refractivity contribution < 1.29 is 8.94 Å². The van der Waals surface area contributed by atoms with Crippen LogP contribution in [0.2, 0.25) is 0 Å². The highest BCUT2D eigenvalue weighted by molar-refractivity contribution is 7.91. The lowest BCUT2D eigenvalue weighted by Gasteiger charge is -2.18. The van der Waals surface area contributed by atoms with Crippen molar-refractivity contribution >= 4 is 17.1 Å². The second-order valence-corrected chi connectivity index (χ2v) is 7.45. The normalized spacial score (nSPS) is 14.3. The minimum Gasteiger partial charge on any atom is -0.591 e. The van der Waals surface area contributed by atoms with Crippen LogP contribution in [0.15, 0.2) is 35.1 Å². The summed E-state index contributed by atoms with van der Waals surface area (Å²) in [5.41, 5.74) is 1.41. The minimum atomic E-state index is -1.31. The topological polar surface area (TPSA) is 66.1 Å². The largest absolute Gasteiger partial charge is 0.591 e. The Morgan fingerprint density at radius 1 is 1.33 bits per heavy atom. The molecule has 0 amide bonds. The van der Waals surface area contributed by atoms with Crippen molar-refractivity contribution in [2.45, 2.75) is 32.4 Å². The molecule has 0 radical (unpaired) electrons. The molecule has 112 valence electrons. The molecular weight excluding hydrogens is 291 g/mol. The molecule has 5 nitrogen and oxygen atoms in total. The molecule has 0 saturated heterocycles. The number of nitrogens with zero attached hydrogens (tertiary/aromatic N) is 4. The van der Waals surface area contributed by atoms with E-state index in [0.29, 0.717) is 11.5 Å². The SMILES string of the molecule is C/C(=N\[S+]([O-])C(C)(C)C)c1ccc(-n2cc(F)cn2)nc1. The highest BCUT2D eigenvalue weighted by Gasteiger charge is 2.26. The van der Waals surface area contributed by atoms with Crippen molar-refractivity contribution in [2.24, 2.45) is 4.40 Å². The van der Waals surface area contributed by atoms with Gasteiger partial charge in [0.05, 0.1) is 18.1 Å². The summed E-state index contributed by atoms with van der Waals surface area (Å²) in [6, 6.07) is 3.50. The first-order valence-electron chi connectivity index (χ1n) is 6.41. The predicted molar refractivity (Wildman–Crippen MR) is 81.4 cm³/mol. The fraction of sp³-hybridized carbons (Fsp3) is 0.357. The fourth-order valence-electron chi connectivity index (χ4n) is 1.48. The number of hydrogen-bond acceptors (Lipinski definition) is 4. The third-order valence-corrected chi connectivity index (χ3v) is 4.18. The second kappa shape index (κ2) is 5.95. The number of hydrogen-bond donors (Lipinski definition) is 0. The van der Waals surface area contributed by atoms with E-state index in [1.165, 1.54) is 10.9 Å². The van der Waals surface area contributed by atoms with Crippen molar-refractivity contribution in [2.75, 3.05) is 0 Å². The van der Waals surface area contributed by atoms with Crippen LogP contribution in [0.3, 0.4) is 0 Å². The molecule has 21 heavy (non-hydrogen) atoms. The van der Waals surface area contributed by atoms with Crippen LogP contribution in [0.25, 0.3) is 5.82 Å². The van der Waals surface area contributed by atoms with Crippen LogP contribution >= 0.6 is 0 Å². The molecule has 0 aromatic carbocycles. The zero-order chi connectivity index (χ0) is 15.6. The van der Waals surface area contributed by atoms with Gasteiger partial charge < -0.3 is 4.55 Å². The van der Waals surface area contributed by atoms with Crippen LogP contribution in [0.1, 0.15) is 33.3 Å². The molecule has 7 heteroatoms. The summed E-state index contributed by atoms with van der Waals surface area (Å²) in [5.74, 6) is 0.0894. The Morgan fingerprint density at radius 2 is 2.05 bits per heavy atom. The maximum absolute atomic E-state index is 12.9. The number of pyridine rings is 1. The first kappa shape index (κ1) is 15.7. The molecular formula is C14H17FN4OS. The van der Waals surface area contributed by atoms with Gasteiger partial charge in [-0.2, -0.15) is 5.10 Å². The van der Waals surface area contributed by atoms with Crippen molar-refractivity contribution in [3.63, 3.8) is 0 Å².